The van der Waals surface area contributed by atoms with E-state index in [1.54, 1.807) is 0 Å². The highest BCUT2D eigenvalue weighted by atomic mass is 32.1. The van der Waals surface area contributed by atoms with Gasteiger partial charge in [0.15, 0.2) is 5.11 Å². The summed E-state index contributed by atoms with van der Waals surface area (Å²) >= 11 is 5.29. The summed E-state index contributed by atoms with van der Waals surface area (Å²) in [6.07, 6.45) is 3.87. The van der Waals surface area contributed by atoms with Gasteiger partial charge in [0.05, 0.1) is 0 Å². The van der Waals surface area contributed by atoms with Crippen molar-refractivity contribution in [3.05, 3.63) is 29.8 Å². The van der Waals surface area contributed by atoms with Crippen molar-refractivity contribution in [2.75, 3.05) is 31.5 Å². The first kappa shape index (κ1) is 14.3. The normalized spacial score (nSPS) is 15.4. The zero-order chi connectivity index (χ0) is 13.5. The highest BCUT2D eigenvalue weighted by Crippen LogP contribution is 2.09. The third kappa shape index (κ3) is 5.17. The molecule has 4 heteroatoms. The lowest BCUT2D eigenvalue weighted by atomic mass is 10.2. The maximum Gasteiger partial charge on any atom is 0.170 e. The van der Waals surface area contributed by atoms with Crippen molar-refractivity contribution >= 4 is 23.0 Å². The van der Waals surface area contributed by atoms with Crippen LogP contribution in [0.1, 0.15) is 24.8 Å². The molecule has 1 heterocycles. The van der Waals surface area contributed by atoms with Gasteiger partial charge in [0.1, 0.15) is 0 Å². The fourth-order valence-electron chi connectivity index (χ4n) is 2.41. The lowest BCUT2D eigenvalue weighted by Gasteiger charge is -2.15. The molecule has 0 saturated carbocycles. The first-order valence-electron chi connectivity index (χ1n) is 7.08. The molecule has 3 nitrogen and oxygen atoms in total. The summed E-state index contributed by atoms with van der Waals surface area (Å²) in [5.74, 6) is 0. The Morgan fingerprint density at radius 1 is 1.32 bits per heavy atom. The maximum absolute atomic E-state index is 5.29. The summed E-state index contributed by atoms with van der Waals surface area (Å²) in [4.78, 5) is 2.53. The molecule has 2 N–H and O–H groups in total. The molecule has 0 spiro atoms. The van der Waals surface area contributed by atoms with E-state index in [1.165, 1.54) is 38.0 Å². The van der Waals surface area contributed by atoms with Crippen molar-refractivity contribution in [1.82, 2.24) is 10.2 Å². The number of hydrogen-bond donors (Lipinski definition) is 2. The smallest absolute Gasteiger partial charge is 0.170 e. The van der Waals surface area contributed by atoms with Crippen LogP contribution in [-0.2, 0) is 0 Å². The Balaban J connectivity index is 1.61. The van der Waals surface area contributed by atoms with Gasteiger partial charge in [-0.3, -0.25) is 0 Å². The molecule has 0 amide bonds. The molecular formula is C15H23N3S. The van der Waals surface area contributed by atoms with Crippen LogP contribution in [0.3, 0.4) is 0 Å². The van der Waals surface area contributed by atoms with Crippen LogP contribution < -0.4 is 10.6 Å². The van der Waals surface area contributed by atoms with Crippen LogP contribution in [0.15, 0.2) is 24.3 Å². The number of hydrogen-bond acceptors (Lipinski definition) is 2. The van der Waals surface area contributed by atoms with Gasteiger partial charge in [-0.15, -0.1) is 0 Å². The second-order valence-corrected chi connectivity index (χ2v) is 5.56. The van der Waals surface area contributed by atoms with Crippen molar-refractivity contribution < 1.29 is 0 Å². The lowest BCUT2D eigenvalue weighted by molar-refractivity contribution is 0.334. The predicted molar refractivity (Wildman–Crippen MR) is 85.7 cm³/mol. The van der Waals surface area contributed by atoms with E-state index < -0.39 is 0 Å². The number of nitrogens with zero attached hydrogens (tertiary/aromatic N) is 1. The Hall–Kier alpha value is -1.13. The van der Waals surface area contributed by atoms with Crippen LogP contribution >= 0.6 is 12.2 Å². The van der Waals surface area contributed by atoms with Crippen molar-refractivity contribution in [3.63, 3.8) is 0 Å². The topological polar surface area (TPSA) is 27.3 Å². The predicted octanol–water partition coefficient (Wildman–Crippen LogP) is 2.77. The molecule has 1 saturated heterocycles. The first-order valence-corrected chi connectivity index (χ1v) is 7.49. The Kier molecular flexibility index (Phi) is 5.61. The SMILES string of the molecule is Cc1cccc(NC(=S)NCCCN2CCCC2)c1. The molecular weight excluding hydrogens is 254 g/mol. The summed E-state index contributed by atoms with van der Waals surface area (Å²) < 4.78 is 0. The van der Waals surface area contributed by atoms with E-state index in [9.17, 15) is 0 Å². The van der Waals surface area contributed by atoms with Gasteiger partial charge in [-0.25, -0.2) is 0 Å². The minimum Gasteiger partial charge on any atom is -0.362 e. The Morgan fingerprint density at radius 2 is 2.11 bits per heavy atom. The monoisotopic (exact) mass is 277 g/mol. The second-order valence-electron chi connectivity index (χ2n) is 5.15. The van der Waals surface area contributed by atoms with E-state index in [0.717, 1.165) is 18.7 Å². The Labute approximate surface area is 121 Å². The van der Waals surface area contributed by atoms with E-state index in [0.29, 0.717) is 5.11 Å². The largest absolute Gasteiger partial charge is 0.362 e. The average molecular weight is 277 g/mol. The minimum atomic E-state index is 0.715. The number of aryl methyl sites for hydroxylation is 1. The highest BCUT2D eigenvalue weighted by Gasteiger charge is 2.10. The molecule has 0 aromatic heterocycles. The fourth-order valence-corrected chi connectivity index (χ4v) is 2.63. The van der Waals surface area contributed by atoms with Gasteiger partial charge in [0, 0.05) is 12.2 Å². The summed E-state index contributed by atoms with van der Waals surface area (Å²) in [5.41, 5.74) is 2.29. The number of nitrogens with one attached hydrogen (secondary N) is 2. The maximum atomic E-state index is 5.29. The van der Waals surface area contributed by atoms with Gasteiger partial charge in [0.25, 0.3) is 0 Å². The van der Waals surface area contributed by atoms with Gasteiger partial charge in [-0.05, 0) is 75.7 Å². The number of rotatable bonds is 5. The van der Waals surface area contributed by atoms with Crippen LogP contribution in [0.4, 0.5) is 5.69 Å². The molecule has 0 atom stereocenters. The molecule has 1 aliphatic rings. The molecule has 2 rings (SSSR count). The zero-order valence-corrected chi connectivity index (χ0v) is 12.4. The van der Waals surface area contributed by atoms with Crippen molar-refractivity contribution in [2.24, 2.45) is 0 Å². The molecule has 0 unspecified atom stereocenters. The van der Waals surface area contributed by atoms with E-state index in [1.807, 2.05) is 12.1 Å². The Morgan fingerprint density at radius 3 is 2.84 bits per heavy atom. The molecule has 104 valence electrons. The van der Waals surface area contributed by atoms with Gasteiger partial charge in [-0.1, -0.05) is 12.1 Å². The van der Waals surface area contributed by atoms with Crippen molar-refractivity contribution in [2.45, 2.75) is 26.2 Å². The van der Waals surface area contributed by atoms with Gasteiger partial charge in [-0.2, -0.15) is 0 Å². The molecule has 1 aliphatic heterocycles. The third-order valence-corrected chi connectivity index (χ3v) is 3.66. The number of thiocarbonyl (C=S) groups is 1. The molecule has 0 aliphatic carbocycles. The van der Waals surface area contributed by atoms with Gasteiger partial charge < -0.3 is 15.5 Å². The van der Waals surface area contributed by atoms with E-state index in [4.69, 9.17) is 12.2 Å². The fraction of sp³-hybridized carbons (Fsp3) is 0.533. The van der Waals surface area contributed by atoms with Gasteiger partial charge in [0.2, 0.25) is 0 Å². The van der Waals surface area contributed by atoms with Crippen LogP contribution in [-0.4, -0.2) is 36.2 Å². The molecule has 1 aromatic carbocycles. The molecule has 1 fully saturated rings. The Bertz CT molecular complexity index is 414. The lowest BCUT2D eigenvalue weighted by Crippen LogP contribution is -2.31. The quantitative estimate of drug-likeness (QED) is 0.639. The standard InChI is InChI=1S/C15H23N3S/c1-13-6-4-7-14(12-13)17-15(19)16-8-5-11-18-9-2-3-10-18/h4,6-7,12H,2-3,5,8-11H2,1H3,(H2,16,17,19). The number of anilines is 1. The summed E-state index contributed by atoms with van der Waals surface area (Å²) in [6, 6.07) is 8.24. The van der Waals surface area contributed by atoms with Crippen LogP contribution in [0.5, 0.6) is 0 Å². The first-order chi connectivity index (χ1) is 9.24. The second kappa shape index (κ2) is 7.46. The van der Waals surface area contributed by atoms with E-state index in [-0.39, 0.29) is 0 Å². The van der Waals surface area contributed by atoms with Crippen LogP contribution in [0.2, 0.25) is 0 Å². The summed E-state index contributed by atoms with van der Waals surface area (Å²) in [7, 11) is 0. The number of benzene rings is 1. The van der Waals surface area contributed by atoms with Crippen LogP contribution in [0.25, 0.3) is 0 Å². The van der Waals surface area contributed by atoms with E-state index in [2.05, 4.69) is 34.6 Å². The highest BCUT2D eigenvalue weighted by molar-refractivity contribution is 7.80. The average Bonchev–Trinajstić information content (AvgIpc) is 2.88. The van der Waals surface area contributed by atoms with Crippen LogP contribution in [0, 0.1) is 6.92 Å². The third-order valence-electron chi connectivity index (χ3n) is 3.41. The molecule has 0 radical (unpaired) electrons. The molecule has 19 heavy (non-hydrogen) atoms. The minimum absolute atomic E-state index is 0.715. The molecule has 1 aromatic rings. The van der Waals surface area contributed by atoms with Crippen molar-refractivity contribution in [3.8, 4) is 0 Å². The summed E-state index contributed by atoms with van der Waals surface area (Å²) in [5, 5.41) is 7.20. The molecule has 0 bridgehead atoms. The summed E-state index contributed by atoms with van der Waals surface area (Å²) in [6.45, 7) is 6.74. The number of likely N-dealkylation sites (tertiary alicyclic amines) is 1. The van der Waals surface area contributed by atoms with E-state index >= 15 is 0 Å². The van der Waals surface area contributed by atoms with Gasteiger partial charge >= 0.3 is 0 Å². The van der Waals surface area contributed by atoms with Crippen molar-refractivity contribution in [1.29, 1.82) is 0 Å². The zero-order valence-electron chi connectivity index (χ0n) is 11.6.